The lowest BCUT2D eigenvalue weighted by atomic mass is 9.92. The van der Waals surface area contributed by atoms with Gasteiger partial charge in [-0.05, 0) is 31.9 Å². The van der Waals surface area contributed by atoms with Crippen LogP contribution >= 0.6 is 0 Å². The largest absolute Gasteiger partial charge is 0.340 e. The van der Waals surface area contributed by atoms with Crippen molar-refractivity contribution in [2.24, 2.45) is 7.05 Å². The van der Waals surface area contributed by atoms with Gasteiger partial charge >= 0.3 is 0 Å². The third-order valence-corrected chi connectivity index (χ3v) is 6.28. The zero-order valence-corrected chi connectivity index (χ0v) is 18.9. The van der Waals surface area contributed by atoms with Crippen LogP contribution in [0.2, 0.25) is 0 Å². The zero-order chi connectivity index (χ0) is 22.9. The van der Waals surface area contributed by atoms with Crippen LogP contribution in [-0.4, -0.2) is 53.1 Å². The summed E-state index contributed by atoms with van der Waals surface area (Å²) in [6.45, 7) is 4.32. The lowest BCUT2D eigenvalue weighted by Gasteiger charge is -2.37. The average Bonchev–Trinajstić information content (AvgIpc) is 3.21. The SMILES string of the molecule is CC(=O)N1C[C@H](c2nc(Nc3cccc4c3cnn4C)cc(-c3cnccn3)n2)CC[C@@H]1C. The Morgan fingerprint density at radius 3 is 2.79 bits per heavy atom. The van der Waals surface area contributed by atoms with E-state index in [1.807, 2.05) is 47.1 Å². The molecule has 1 saturated heterocycles. The fourth-order valence-corrected chi connectivity index (χ4v) is 4.46. The molecule has 168 valence electrons. The number of hydrogen-bond donors (Lipinski definition) is 1. The Morgan fingerprint density at radius 1 is 1.12 bits per heavy atom. The van der Waals surface area contributed by atoms with Crippen molar-refractivity contribution in [2.75, 3.05) is 11.9 Å². The Morgan fingerprint density at radius 2 is 2.00 bits per heavy atom. The van der Waals surface area contributed by atoms with Gasteiger partial charge in [0.05, 0.1) is 29.3 Å². The molecule has 4 aromatic rings. The van der Waals surface area contributed by atoms with Gasteiger partial charge in [-0.15, -0.1) is 0 Å². The van der Waals surface area contributed by atoms with Gasteiger partial charge in [0.1, 0.15) is 17.3 Å². The number of carbonyl (C=O) groups excluding carboxylic acids is 1. The van der Waals surface area contributed by atoms with Gasteiger partial charge in [-0.3, -0.25) is 19.4 Å². The number of nitrogens with one attached hydrogen (secondary N) is 1. The molecule has 1 aliphatic heterocycles. The second-order valence-electron chi connectivity index (χ2n) is 8.51. The lowest BCUT2D eigenvalue weighted by Crippen LogP contribution is -2.44. The Bertz CT molecular complexity index is 1300. The molecule has 2 atom stereocenters. The third kappa shape index (κ3) is 4.13. The van der Waals surface area contributed by atoms with E-state index in [4.69, 9.17) is 9.97 Å². The van der Waals surface area contributed by atoms with Crippen LogP contribution in [0.1, 0.15) is 38.4 Å². The molecule has 0 radical (unpaired) electrons. The monoisotopic (exact) mass is 442 g/mol. The van der Waals surface area contributed by atoms with E-state index in [0.29, 0.717) is 29.6 Å². The average molecular weight is 443 g/mol. The van der Waals surface area contributed by atoms with Crippen molar-refractivity contribution >= 4 is 28.3 Å². The molecule has 5 rings (SSSR count). The summed E-state index contributed by atoms with van der Waals surface area (Å²) in [5.41, 5.74) is 3.32. The highest BCUT2D eigenvalue weighted by molar-refractivity contribution is 5.93. The third-order valence-electron chi connectivity index (χ3n) is 6.28. The van der Waals surface area contributed by atoms with Gasteiger partial charge < -0.3 is 10.2 Å². The molecule has 33 heavy (non-hydrogen) atoms. The van der Waals surface area contributed by atoms with Gasteiger partial charge in [0.2, 0.25) is 5.91 Å². The second kappa shape index (κ2) is 8.57. The summed E-state index contributed by atoms with van der Waals surface area (Å²) in [5, 5.41) is 8.84. The van der Waals surface area contributed by atoms with Crippen molar-refractivity contribution in [3.63, 3.8) is 0 Å². The predicted molar refractivity (Wildman–Crippen MR) is 126 cm³/mol. The molecule has 1 aliphatic rings. The molecule has 0 unspecified atom stereocenters. The quantitative estimate of drug-likeness (QED) is 0.514. The molecule has 0 bridgehead atoms. The van der Waals surface area contributed by atoms with Crippen LogP contribution in [-0.2, 0) is 11.8 Å². The van der Waals surface area contributed by atoms with Crippen LogP contribution < -0.4 is 5.32 Å². The predicted octanol–water partition coefficient (Wildman–Crippen LogP) is 3.68. The highest BCUT2D eigenvalue weighted by Crippen LogP contribution is 2.32. The van der Waals surface area contributed by atoms with E-state index in [0.717, 1.165) is 29.4 Å². The molecule has 1 N–H and O–H groups in total. The molecule has 9 nitrogen and oxygen atoms in total. The van der Waals surface area contributed by atoms with Crippen LogP contribution in [0.3, 0.4) is 0 Å². The Balaban J connectivity index is 1.55. The van der Waals surface area contributed by atoms with Crippen LogP contribution in [0, 0.1) is 0 Å². The Kier molecular flexibility index (Phi) is 5.45. The van der Waals surface area contributed by atoms with Crippen molar-refractivity contribution in [2.45, 2.75) is 38.6 Å². The van der Waals surface area contributed by atoms with E-state index in [1.165, 1.54) is 0 Å². The number of anilines is 2. The first kappa shape index (κ1) is 21.0. The van der Waals surface area contributed by atoms with Gasteiger partial charge in [-0.2, -0.15) is 5.10 Å². The molecule has 0 spiro atoms. The number of rotatable bonds is 4. The van der Waals surface area contributed by atoms with Crippen molar-refractivity contribution < 1.29 is 4.79 Å². The summed E-state index contributed by atoms with van der Waals surface area (Å²) in [6, 6.07) is 8.14. The summed E-state index contributed by atoms with van der Waals surface area (Å²) in [6.07, 6.45) is 8.67. The number of fused-ring (bicyclic) bond motifs is 1. The topological polar surface area (TPSA) is 102 Å². The number of benzene rings is 1. The maximum Gasteiger partial charge on any atom is 0.219 e. The molecule has 1 amide bonds. The van der Waals surface area contributed by atoms with Crippen molar-refractivity contribution in [1.29, 1.82) is 0 Å². The molecule has 1 fully saturated rings. The van der Waals surface area contributed by atoms with E-state index < -0.39 is 0 Å². The maximum atomic E-state index is 12.2. The van der Waals surface area contributed by atoms with Crippen molar-refractivity contribution in [3.8, 4) is 11.4 Å². The minimum absolute atomic E-state index is 0.0523. The smallest absolute Gasteiger partial charge is 0.219 e. The summed E-state index contributed by atoms with van der Waals surface area (Å²) >= 11 is 0. The van der Waals surface area contributed by atoms with Gasteiger partial charge in [0.25, 0.3) is 0 Å². The second-order valence-corrected chi connectivity index (χ2v) is 8.51. The van der Waals surface area contributed by atoms with Gasteiger partial charge in [-0.25, -0.2) is 9.97 Å². The molecular weight excluding hydrogens is 416 g/mol. The number of nitrogens with zero attached hydrogens (tertiary/aromatic N) is 7. The van der Waals surface area contributed by atoms with Gasteiger partial charge in [0.15, 0.2) is 0 Å². The summed E-state index contributed by atoms with van der Waals surface area (Å²) in [5.74, 6) is 1.51. The Hall–Kier alpha value is -3.88. The van der Waals surface area contributed by atoms with E-state index in [9.17, 15) is 4.79 Å². The van der Waals surface area contributed by atoms with Crippen LogP contribution in [0.25, 0.3) is 22.3 Å². The summed E-state index contributed by atoms with van der Waals surface area (Å²) in [4.78, 5) is 32.4. The molecule has 1 aromatic carbocycles. The summed E-state index contributed by atoms with van der Waals surface area (Å²) < 4.78 is 1.84. The first-order valence-electron chi connectivity index (χ1n) is 11.1. The van der Waals surface area contributed by atoms with E-state index in [1.54, 1.807) is 25.5 Å². The van der Waals surface area contributed by atoms with Gasteiger partial charge in [0, 0.05) is 56.3 Å². The van der Waals surface area contributed by atoms with E-state index in [2.05, 4.69) is 27.3 Å². The van der Waals surface area contributed by atoms with Crippen LogP contribution in [0.15, 0.2) is 49.1 Å². The zero-order valence-electron chi connectivity index (χ0n) is 18.9. The minimum atomic E-state index is 0.0523. The molecule has 0 aliphatic carbocycles. The van der Waals surface area contributed by atoms with E-state index >= 15 is 0 Å². The summed E-state index contributed by atoms with van der Waals surface area (Å²) in [7, 11) is 1.92. The molecule has 9 heteroatoms. The minimum Gasteiger partial charge on any atom is -0.340 e. The first-order chi connectivity index (χ1) is 16.0. The number of aromatic nitrogens is 6. The number of hydrogen-bond acceptors (Lipinski definition) is 7. The standard InChI is InChI=1S/C24H26N8O/c1-15-7-8-17(14-32(15)16(2)33)24-29-20(21-13-25-9-10-26-21)11-23(30-24)28-19-5-4-6-22-18(19)12-27-31(22)3/h4-6,9-13,15,17H,7-8,14H2,1-3H3,(H,28,29,30)/t15-,17+/m0/s1. The lowest BCUT2D eigenvalue weighted by molar-refractivity contribution is -0.132. The van der Waals surface area contributed by atoms with Crippen molar-refractivity contribution in [3.05, 3.63) is 54.9 Å². The molecule has 0 saturated carbocycles. The molecule has 4 heterocycles. The number of aryl methyl sites for hydroxylation is 1. The highest BCUT2D eigenvalue weighted by Gasteiger charge is 2.30. The molecular formula is C24H26N8O. The number of likely N-dealkylation sites (tertiary alicyclic amines) is 1. The highest BCUT2D eigenvalue weighted by atomic mass is 16.2. The molecule has 3 aromatic heterocycles. The van der Waals surface area contributed by atoms with E-state index in [-0.39, 0.29) is 17.9 Å². The first-order valence-corrected chi connectivity index (χ1v) is 11.1. The fourth-order valence-electron chi connectivity index (χ4n) is 4.46. The fraction of sp³-hybridized carbons (Fsp3) is 0.333. The number of carbonyl (C=O) groups is 1. The maximum absolute atomic E-state index is 12.2. The van der Waals surface area contributed by atoms with Crippen molar-refractivity contribution in [1.82, 2.24) is 34.6 Å². The van der Waals surface area contributed by atoms with Crippen LogP contribution in [0.4, 0.5) is 11.5 Å². The normalized spacial score (nSPS) is 18.5. The van der Waals surface area contributed by atoms with Gasteiger partial charge in [-0.1, -0.05) is 6.07 Å². The number of piperidine rings is 1. The van der Waals surface area contributed by atoms with Crippen LogP contribution in [0.5, 0.6) is 0 Å². The Labute approximate surface area is 191 Å². The number of amides is 1.